The number of allylic oxidation sites excluding steroid dienone is 2. The van der Waals surface area contributed by atoms with Gasteiger partial charge in [0.15, 0.2) is 0 Å². The van der Waals surface area contributed by atoms with E-state index in [2.05, 4.69) is 93.6 Å². The zero-order valence-electron chi connectivity index (χ0n) is 12.5. The lowest BCUT2D eigenvalue weighted by molar-refractivity contribution is 0.590. The van der Waals surface area contributed by atoms with Gasteiger partial charge < -0.3 is 0 Å². The molecule has 0 heterocycles. The lowest BCUT2D eigenvalue weighted by Gasteiger charge is -2.18. The fourth-order valence-electron chi connectivity index (χ4n) is 1.99. The largest absolute Gasteiger partial charge is 0.0622 e. The van der Waals surface area contributed by atoms with E-state index in [0.29, 0.717) is 0 Å². The Labute approximate surface area is 122 Å². The summed E-state index contributed by atoms with van der Waals surface area (Å²) < 4.78 is 0. The Kier molecular flexibility index (Phi) is 4.57. The zero-order valence-corrected chi connectivity index (χ0v) is 12.5. The number of benzene rings is 2. The molecule has 0 atom stereocenters. The summed E-state index contributed by atoms with van der Waals surface area (Å²) in [5, 5.41) is 0. The van der Waals surface area contributed by atoms with E-state index in [1.165, 1.54) is 16.7 Å². The highest BCUT2D eigenvalue weighted by atomic mass is 14.2. The van der Waals surface area contributed by atoms with Gasteiger partial charge in [0.05, 0.1) is 0 Å². The molecule has 0 saturated heterocycles. The van der Waals surface area contributed by atoms with Crippen LogP contribution in [0.1, 0.15) is 37.5 Å². The molecule has 2 rings (SSSR count). The molecule has 0 amide bonds. The maximum atomic E-state index is 2.24. The van der Waals surface area contributed by atoms with Crippen molar-refractivity contribution in [3.8, 4) is 0 Å². The minimum atomic E-state index is 0.218. The first-order valence-corrected chi connectivity index (χ1v) is 7.06. The van der Waals surface area contributed by atoms with Crippen LogP contribution >= 0.6 is 0 Å². The molecule has 0 radical (unpaired) electrons. The fraction of sp³-hybridized carbons (Fsp3) is 0.200. The van der Waals surface area contributed by atoms with Crippen molar-refractivity contribution >= 4 is 12.2 Å². The second kappa shape index (κ2) is 6.38. The molecule has 0 aromatic heterocycles. The van der Waals surface area contributed by atoms with Gasteiger partial charge in [-0.2, -0.15) is 0 Å². The molecule has 0 fully saturated rings. The predicted molar refractivity (Wildman–Crippen MR) is 89.7 cm³/mol. The van der Waals surface area contributed by atoms with Gasteiger partial charge in [0.2, 0.25) is 0 Å². The van der Waals surface area contributed by atoms with Crippen molar-refractivity contribution in [3.63, 3.8) is 0 Å². The summed E-state index contributed by atoms with van der Waals surface area (Å²) in [6.07, 6.45) is 8.40. The van der Waals surface area contributed by atoms with E-state index in [-0.39, 0.29) is 5.41 Å². The average Bonchev–Trinajstić information content (AvgIpc) is 2.44. The maximum Gasteiger partial charge on any atom is -0.0132 e. The first-order chi connectivity index (χ1) is 9.55. The second-order valence-corrected chi connectivity index (χ2v) is 6.00. The molecule has 0 spiro atoms. The third kappa shape index (κ3) is 4.24. The molecule has 0 bridgehead atoms. The number of hydrogen-bond donors (Lipinski definition) is 0. The van der Waals surface area contributed by atoms with Gasteiger partial charge in [0.25, 0.3) is 0 Å². The summed E-state index contributed by atoms with van der Waals surface area (Å²) in [7, 11) is 0. The number of rotatable bonds is 3. The standard InChI is InChI=1S/C20H22/c1-20(2,3)19-15-13-18(14-16-19)12-8-7-11-17-9-5-4-6-10-17/h4-16H,1-3H3/b11-7+,12-8+. The molecule has 0 unspecified atom stereocenters. The van der Waals surface area contributed by atoms with Crippen LogP contribution in [-0.4, -0.2) is 0 Å². The fourth-order valence-corrected chi connectivity index (χ4v) is 1.99. The van der Waals surface area contributed by atoms with E-state index < -0.39 is 0 Å². The minimum absolute atomic E-state index is 0.218. The van der Waals surface area contributed by atoms with Gasteiger partial charge >= 0.3 is 0 Å². The van der Waals surface area contributed by atoms with Crippen LogP contribution in [0.5, 0.6) is 0 Å². The Morgan fingerprint density at radius 3 is 1.65 bits per heavy atom. The summed E-state index contributed by atoms with van der Waals surface area (Å²) in [4.78, 5) is 0. The summed E-state index contributed by atoms with van der Waals surface area (Å²) in [5.41, 5.74) is 4.04. The van der Waals surface area contributed by atoms with Crippen molar-refractivity contribution in [3.05, 3.63) is 83.4 Å². The van der Waals surface area contributed by atoms with Gasteiger partial charge in [-0.05, 0) is 22.1 Å². The van der Waals surface area contributed by atoms with E-state index in [1.807, 2.05) is 6.07 Å². The second-order valence-electron chi connectivity index (χ2n) is 6.00. The van der Waals surface area contributed by atoms with E-state index in [1.54, 1.807) is 0 Å². The highest BCUT2D eigenvalue weighted by molar-refractivity contribution is 5.57. The minimum Gasteiger partial charge on any atom is -0.0622 e. The molecule has 0 aliphatic carbocycles. The molecular formula is C20H22. The Morgan fingerprint density at radius 2 is 1.15 bits per heavy atom. The Morgan fingerprint density at radius 1 is 0.650 bits per heavy atom. The van der Waals surface area contributed by atoms with Crippen LogP contribution in [0, 0.1) is 0 Å². The van der Waals surface area contributed by atoms with Crippen LogP contribution in [0.25, 0.3) is 12.2 Å². The molecule has 0 heteroatoms. The molecule has 2 aromatic rings. The molecule has 2 aromatic carbocycles. The molecule has 20 heavy (non-hydrogen) atoms. The van der Waals surface area contributed by atoms with Gasteiger partial charge in [-0.1, -0.05) is 99.7 Å². The Hall–Kier alpha value is -2.08. The smallest absolute Gasteiger partial charge is 0.0132 e. The van der Waals surface area contributed by atoms with Crippen molar-refractivity contribution in [2.24, 2.45) is 0 Å². The highest BCUT2D eigenvalue weighted by Gasteiger charge is 2.12. The van der Waals surface area contributed by atoms with Crippen molar-refractivity contribution in [1.29, 1.82) is 0 Å². The summed E-state index contributed by atoms with van der Waals surface area (Å²) >= 11 is 0. The van der Waals surface area contributed by atoms with Crippen LogP contribution in [0.4, 0.5) is 0 Å². The lowest BCUT2D eigenvalue weighted by atomic mass is 9.87. The highest BCUT2D eigenvalue weighted by Crippen LogP contribution is 2.22. The van der Waals surface area contributed by atoms with E-state index in [0.717, 1.165) is 0 Å². The SMILES string of the molecule is CC(C)(C)c1ccc(/C=C/C=C/c2ccccc2)cc1. The van der Waals surface area contributed by atoms with Gasteiger partial charge in [-0.15, -0.1) is 0 Å². The third-order valence-corrected chi connectivity index (χ3v) is 3.26. The van der Waals surface area contributed by atoms with Gasteiger partial charge in [-0.3, -0.25) is 0 Å². The van der Waals surface area contributed by atoms with Gasteiger partial charge in [0.1, 0.15) is 0 Å². The molecule has 0 saturated carbocycles. The molecule has 102 valence electrons. The van der Waals surface area contributed by atoms with Crippen LogP contribution in [-0.2, 0) is 5.41 Å². The molecular weight excluding hydrogens is 240 g/mol. The average molecular weight is 262 g/mol. The maximum absolute atomic E-state index is 2.24. The Balaban J connectivity index is 2.00. The van der Waals surface area contributed by atoms with Crippen molar-refractivity contribution in [2.45, 2.75) is 26.2 Å². The number of hydrogen-bond acceptors (Lipinski definition) is 0. The molecule has 0 nitrogen and oxygen atoms in total. The Bertz CT molecular complexity index is 578. The van der Waals surface area contributed by atoms with E-state index in [4.69, 9.17) is 0 Å². The monoisotopic (exact) mass is 262 g/mol. The van der Waals surface area contributed by atoms with Crippen molar-refractivity contribution < 1.29 is 0 Å². The normalized spacial score (nSPS) is 12.3. The van der Waals surface area contributed by atoms with Crippen molar-refractivity contribution in [1.82, 2.24) is 0 Å². The van der Waals surface area contributed by atoms with E-state index >= 15 is 0 Å². The first-order valence-electron chi connectivity index (χ1n) is 7.06. The van der Waals surface area contributed by atoms with Crippen LogP contribution in [0.15, 0.2) is 66.7 Å². The van der Waals surface area contributed by atoms with Gasteiger partial charge in [0, 0.05) is 0 Å². The summed E-state index contributed by atoms with van der Waals surface area (Å²) in [6.45, 7) is 6.71. The lowest BCUT2D eigenvalue weighted by Crippen LogP contribution is -2.10. The molecule has 0 aliphatic heterocycles. The van der Waals surface area contributed by atoms with Crippen LogP contribution < -0.4 is 0 Å². The zero-order chi connectivity index (χ0) is 14.4. The first kappa shape index (κ1) is 14.3. The quantitative estimate of drug-likeness (QED) is 0.621. The van der Waals surface area contributed by atoms with Gasteiger partial charge in [-0.25, -0.2) is 0 Å². The summed E-state index contributed by atoms with van der Waals surface area (Å²) in [6, 6.07) is 19.1. The molecule has 0 N–H and O–H groups in total. The van der Waals surface area contributed by atoms with E-state index in [9.17, 15) is 0 Å². The topological polar surface area (TPSA) is 0 Å². The summed E-state index contributed by atoms with van der Waals surface area (Å²) in [5.74, 6) is 0. The van der Waals surface area contributed by atoms with Crippen LogP contribution in [0.3, 0.4) is 0 Å². The predicted octanol–water partition coefficient (Wildman–Crippen LogP) is 5.71. The van der Waals surface area contributed by atoms with Crippen molar-refractivity contribution in [2.75, 3.05) is 0 Å². The van der Waals surface area contributed by atoms with Crippen LogP contribution in [0.2, 0.25) is 0 Å². The molecule has 0 aliphatic rings. The third-order valence-electron chi connectivity index (χ3n) is 3.26.